The van der Waals surface area contributed by atoms with E-state index in [-0.39, 0.29) is 10.8 Å². The van der Waals surface area contributed by atoms with E-state index in [1.807, 2.05) is 0 Å². The summed E-state index contributed by atoms with van der Waals surface area (Å²) in [5.74, 6) is 0.303. The van der Waals surface area contributed by atoms with Gasteiger partial charge in [-0.25, -0.2) is 0 Å². The molecule has 1 aliphatic rings. The summed E-state index contributed by atoms with van der Waals surface area (Å²) in [6.07, 6.45) is 5.14. The molecular weight excluding hydrogens is 216 g/mol. The van der Waals surface area contributed by atoms with Gasteiger partial charge in [0.1, 0.15) is 5.78 Å². The van der Waals surface area contributed by atoms with Crippen LogP contribution in [0.5, 0.6) is 0 Å². The molecule has 0 aliphatic heterocycles. The molecule has 1 rings (SSSR count). The van der Waals surface area contributed by atoms with E-state index in [0.717, 1.165) is 6.42 Å². The molecule has 0 heterocycles. The molecule has 0 fully saturated rings. The normalized spacial score (nSPS) is 32.3. The molecule has 0 N–H and O–H groups in total. The third-order valence-corrected chi connectivity index (χ3v) is 3.73. The molecule has 0 bridgehead atoms. The predicted octanol–water partition coefficient (Wildman–Crippen LogP) is 2.94. The topological polar surface area (TPSA) is 17.1 Å². The van der Waals surface area contributed by atoms with Crippen LogP contribution in [0.4, 0.5) is 0 Å². The molecule has 0 amide bonds. The number of hydrogen-bond acceptors (Lipinski definition) is 1. The lowest BCUT2D eigenvalue weighted by Gasteiger charge is -2.36. The third kappa shape index (κ3) is 1.26. The molecule has 1 nitrogen and oxygen atoms in total. The van der Waals surface area contributed by atoms with E-state index >= 15 is 0 Å². The quantitative estimate of drug-likeness (QED) is 0.527. The molecule has 2 heteroatoms. The minimum Gasteiger partial charge on any atom is -0.298 e. The molecule has 0 spiro atoms. The fourth-order valence-electron chi connectivity index (χ4n) is 1.66. The molecule has 0 unspecified atom stereocenters. The van der Waals surface area contributed by atoms with Crippen LogP contribution in [0.2, 0.25) is 0 Å². The zero-order valence-corrected chi connectivity index (χ0v) is 9.44. The molecule has 0 aromatic carbocycles. The van der Waals surface area contributed by atoms with Gasteiger partial charge in [-0.2, -0.15) is 0 Å². The number of alkyl halides is 1. The van der Waals surface area contributed by atoms with Gasteiger partial charge >= 0.3 is 0 Å². The summed E-state index contributed by atoms with van der Waals surface area (Å²) in [7, 11) is 0. The molecule has 0 saturated carbocycles. The average molecular weight is 231 g/mol. The standard InChI is InChI=1S/C10H15BrO/c1-9(2)5-4-6-10(9,3)8(12)7-11/h4-5H,6-7H2,1-3H3/t10-/m1/s1. The Balaban J connectivity index is 2.94. The van der Waals surface area contributed by atoms with Crippen LogP contribution in [0.1, 0.15) is 27.2 Å². The summed E-state index contributed by atoms with van der Waals surface area (Å²) in [6, 6.07) is 0. The van der Waals surface area contributed by atoms with Crippen LogP contribution in [-0.2, 0) is 4.79 Å². The molecule has 0 aromatic heterocycles. The van der Waals surface area contributed by atoms with E-state index < -0.39 is 0 Å². The van der Waals surface area contributed by atoms with Gasteiger partial charge in [0.25, 0.3) is 0 Å². The summed E-state index contributed by atoms with van der Waals surface area (Å²) in [5, 5.41) is 0.467. The summed E-state index contributed by atoms with van der Waals surface area (Å²) >= 11 is 3.23. The summed E-state index contributed by atoms with van der Waals surface area (Å²) < 4.78 is 0. The first-order chi connectivity index (χ1) is 5.44. The van der Waals surface area contributed by atoms with Crippen molar-refractivity contribution < 1.29 is 4.79 Å². The Bertz CT molecular complexity index is 230. The number of allylic oxidation sites excluding steroid dienone is 2. The molecule has 0 saturated heterocycles. The van der Waals surface area contributed by atoms with Gasteiger partial charge in [-0.3, -0.25) is 4.79 Å². The number of carbonyl (C=O) groups excluding carboxylic acids is 1. The number of hydrogen-bond donors (Lipinski definition) is 0. The maximum Gasteiger partial charge on any atom is 0.150 e. The highest BCUT2D eigenvalue weighted by molar-refractivity contribution is 9.09. The van der Waals surface area contributed by atoms with Gasteiger partial charge < -0.3 is 0 Å². The number of ketones is 1. The fraction of sp³-hybridized carbons (Fsp3) is 0.700. The van der Waals surface area contributed by atoms with Crippen molar-refractivity contribution in [2.24, 2.45) is 10.8 Å². The summed E-state index contributed by atoms with van der Waals surface area (Å²) in [6.45, 7) is 6.30. The number of carbonyl (C=O) groups is 1. The predicted molar refractivity (Wildman–Crippen MR) is 54.4 cm³/mol. The Hall–Kier alpha value is -0.110. The highest BCUT2D eigenvalue weighted by Gasteiger charge is 2.46. The number of halogens is 1. The van der Waals surface area contributed by atoms with Gasteiger partial charge in [0.2, 0.25) is 0 Å². The van der Waals surface area contributed by atoms with Crippen LogP contribution in [0, 0.1) is 10.8 Å². The van der Waals surface area contributed by atoms with E-state index in [9.17, 15) is 4.79 Å². The SMILES string of the molecule is CC1(C)C=CC[C@]1(C)C(=O)CBr. The van der Waals surface area contributed by atoms with E-state index in [4.69, 9.17) is 0 Å². The van der Waals surface area contributed by atoms with E-state index in [1.54, 1.807) is 0 Å². The van der Waals surface area contributed by atoms with Gasteiger partial charge in [0.05, 0.1) is 5.33 Å². The van der Waals surface area contributed by atoms with Crippen molar-refractivity contribution in [1.29, 1.82) is 0 Å². The van der Waals surface area contributed by atoms with E-state index in [2.05, 4.69) is 48.9 Å². The highest BCUT2D eigenvalue weighted by Crippen LogP contribution is 2.48. The molecule has 1 atom stereocenters. The maximum atomic E-state index is 11.7. The van der Waals surface area contributed by atoms with Crippen LogP contribution in [-0.4, -0.2) is 11.1 Å². The second-order valence-electron chi connectivity index (χ2n) is 4.22. The van der Waals surface area contributed by atoms with Gasteiger partial charge in [-0.15, -0.1) is 0 Å². The second-order valence-corrected chi connectivity index (χ2v) is 4.78. The highest BCUT2D eigenvalue weighted by atomic mass is 79.9. The van der Waals surface area contributed by atoms with E-state index in [1.165, 1.54) is 0 Å². The minimum absolute atomic E-state index is 0.0118. The lowest BCUT2D eigenvalue weighted by Crippen LogP contribution is -2.38. The van der Waals surface area contributed by atoms with Crippen molar-refractivity contribution in [2.75, 3.05) is 5.33 Å². The molecular formula is C10H15BrO. The second kappa shape index (κ2) is 2.99. The van der Waals surface area contributed by atoms with Crippen molar-refractivity contribution in [3.05, 3.63) is 12.2 Å². The van der Waals surface area contributed by atoms with Gasteiger partial charge in [-0.05, 0) is 11.8 Å². The number of Topliss-reactive ketones (excluding diaryl/α,β-unsaturated/α-hetero) is 1. The fourth-order valence-corrected chi connectivity index (χ4v) is 2.28. The lowest BCUT2D eigenvalue weighted by molar-refractivity contribution is -0.128. The van der Waals surface area contributed by atoms with Crippen LogP contribution in [0.15, 0.2) is 12.2 Å². The average Bonchev–Trinajstić information content (AvgIpc) is 2.26. The Morgan fingerprint density at radius 3 is 2.42 bits per heavy atom. The Morgan fingerprint density at radius 1 is 1.50 bits per heavy atom. The largest absolute Gasteiger partial charge is 0.298 e. The van der Waals surface area contributed by atoms with Crippen molar-refractivity contribution in [1.82, 2.24) is 0 Å². The van der Waals surface area contributed by atoms with E-state index in [0.29, 0.717) is 11.1 Å². The van der Waals surface area contributed by atoms with Gasteiger partial charge in [0.15, 0.2) is 0 Å². The molecule has 1 aliphatic carbocycles. The van der Waals surface area contributed by atoms with Crippen molar-refractivity contribution in [2.45, 2.75) is 27.2 Å². The monoisotopic (exact) mass is 230 g/mol. The third-order valence-electron chi connectivity index (χ3n) is 3.22. The van der Waals surface area contributed by atoms with Crippen LogP contribution >= 0.6 is 15.9 Å². The number of rotatable bonds is 2. The minimum atomic E-state index is -0.198. The zero-order valence-electron chi connectivity index (χ0n) is 7.86. The Morgan fingerprint density at radius 2 is 2.08 bits per heavy atom. The first-order valence-electron chi connectivity index (χ1n) is 4.21. The molecule has 0 aromatic rings. The lowest BCUT2D eigenvalue weighted by atomic mass is 9.67. The van der Waals surface area contributed by atoms with Crippen LogP contribution < -0.4 is 0 Å². The first-order valence-corrected chi connectivity index (χ1v) is 5.33. The first kappa shape index (κ1) is 9.97. The molecule has 0 radical (unpaired) electrons. The van der Waals surface area contributed by atoms with Crippen LogP contribution in [0.3, 0.4) is 0 Å². The van der Waals surface area contributed by atoms with Crippen molar-refractivity contribution >= 4 is 21.7 Å². The van der Waals surface area contributed by atoms with Crippen molar-refractivity contribution in [3.8, 4) is 0 Å². The molecule has 12 heavy (non-hydrogen) atoms. The summed E-state index contributed by atoms with van der Waals surface area (Å²) in [4.78, 5) is 11.7. The maximum absolute atomic E-state index is 11.7. The zero-order chi connectivity index (χ0) is 9.41. The van der Waals surface area contributed by atoms with Gasteiger partial charge in [0, 0.05) is 5.41 Å². The smallest absolute Gasteiger partial charge is 0.150 e. The van der Waals surface area contributed by atoms with Gasteiger partial charge in [-0.1, -0.05) is 48.9 Å². The summed E-state index contributed by atoms with van der Waals surface area (Å²) in [5.41, 5.74) is -0.186. The Labute approximate surface area is 82.4 Å². The van der Waals surface area contributed by atoms with Crippen molar-refractivity contribution in [3.63, 3.8) is 0 Å². The molecule has 68 valence electrons. The Kier molecular flexibility index (Phi) is 2.48. The van der Waals surface area contributed by atoms with Crippen LogP contribution in [0.25, 0.3) is 0 Å².